The van der Waals surface area contributed by atoms with Crippen LogP contribution in [0.15, 0.2) is 4.99 Å². The smallest absolute Gasteiger partial charge is 0.266 e. The van der Waals surface area contributed by atoms with Crippen LogP contribution in [0.2, 0.25) is 0 Å². The van der Waals surface area contributed by atoms with Gasteiger partial charge in [-0.2, -0.15) is 0 Å². The van der Waals surface area contributed by atoms with Crippen LogP contribution in [-0.2, 0) is 4.79 Å². The van der Waals surface area contributed by atoms with E-state index in [0.717, 1.165) is 0 Å². The first-order valence-corrected chi connectivity index (χ1v) is 2.70. The van der Waals surface area contributed by atoms with Crippen LogP contribution in [0.3, 0.4) is 0 Å². The number of hydrogen-bond donors (Lipinski definition) is 0. The van der Waals surface area contributed by atoms with E-state index in [1.165, 1.54) is 6.34 Å². The van der Waals surface area contributed by atoms with Gasteiger partial charge in [-0.05, 0) is 0 Å². The lowest BCUT2D eigenvalue weighted by Crippen LogP contribution is -2.23. The first kappa shape index (κ1) is 6.19. The van der Waals surface area contributed by atoms with Crippen molar-refractivity contribution in [1.82, 2.24) is 4.90 Å². The summed E-state index contributed by atoms with van der Waals surface area (Å²) >= 11 is 0. The third-order valence-electron chi connectivity index (χ3n) is 1.08. The van der Waals surface area contributed by atoms with Gasteiger partial charge in [-0.15, -0.1) is 0 Å². The number of aliphatic imine (C=N–C) groups is 1. The van der Waals surface area contributed by atoms with Gasteiger partial charge in [-0.3, -0.25) is 4.79 Å². The normalized spacial score (nSPS) is 17.4. The predicted octanol–water partition coefficient (Wildman–Crippen LogP) is -0.174. The van der Waals surface area contributed by atoms with Crippen molar-refractivity contribution in [3.05, 3.63) is 0 Å². The molecule has 0 aromatic carbocycles. The summed E-state index contributed by atoms with van der Waals surface area (Å²) in [5.74, 6) is -0.191. The maximum absolute atomic E-state index is 11.6. The van der Waals surface area contributed by atoms with Crippen LogP contribution in [0.1, 0.15) is 0 Å². The first-order chi connectivity index (χ1) is 4.33. The number of nitrogens with zero attached hydrogens (tertiary/aromatic N) is 2. The summed E-state index contributed by atoms with van der Waals surface area (Å²) in [5, 5.41) is 0. The minimum absolute atomic E-state index is 0.191. The molecule has 4 heteroatoms. The lowest BCUT2D eigenvalue weighted by molar-refractivity contribution is -0.117. The van der Waals surface area contributed by atoms with Crippen LogP contribution in [0.5, 0.6) is 0 Å². The lowest BCUT2D eigenvalue weighted by Gasteiger charge is -2.07. The molecule has 0 fully saturated rings. The molecule has 0 saturated carbocycles. The Morgan fingerprint density at radius 2 is 2.67 bits per heavy atom. The molecule has 0 unspecified atom stereocenters. The van der Waals surface area contributed by atoms with Gasteiger partial charge < -0.3 is 4.90 Å². The number of halogens is 1. The Morgan fingerprint density at radius 3 is 3.11 bits per heavy atom. The molecule has 1 amide bonds. The highest BCUT2D eigenvalue weighted by atomic mass is 19.1. The zero-order chi connectivity index (χ0) is 6.69. The Kier molecular flexibility index (Phi) is 1.77. The highest BCUT2D eigenvalue weighted by molar-refractivity contribution is 5.91. The molecule has 1 rings (SSSR count). The largest absolute Gasteiger partial charge is 0.350 e. The zero-order valence-electron chi connectivity index (χ0n) is 4.88. The van der Waals surface area contributed by atoms with E-state index in [1.807, 2.05) is 0 Å². The molecule has 3 nitrogen and oxygen atoms in total. The maximum Gasteiger partial charge on any atom is 0.266 e. The minimum atomic E-state index is -0.431. The second-order valence-electron chi connectivity index (χ2n) is 1.80. The summed E-state index contributed by atoms with van der Waals surface area (Å²) in [7, 11) is 0. The Hall–Kier alpha value is -0.930. The predicted molar refractivity (Wildman–Crippen MR) is 31.0 cm³/mol. The van der Waals surface area contributed by atoms with Gasteiger partial charge >= 0.3 is 0 Å². The maximum atomic E-state index is 11.6. The fourth-order valence-corrected chi connectivity index (χ4v) is 0.647. The van der Waals surface area contributed by atoms with E-state index in [0.29, 0.717) is 0 Å². The van der Waals surface area contributed by atoms with Gasteiger partial charge in [0.15, 0.2) is 0 Å². The van der Waals surface area contributed by atoms with Crippen molar-refractivity contribution in [3.8, 4) is 0 Å². The summed E-state index contributed by atoms with van der Waals surface area (Å²) in [6.07, 6.45) is 1.38. The van der Waals surface area contributed by atoms with Crippen molar-refractivity contribution in [2.45, 2.75) is 0 Å². The summed E-state index contributed by atoms with van der Waals surface area (Å²) < 4.78 is 11.6. The molecule has 0 aromatic heterocycles. The van der Waals surface area contributed by atoms with E-state index < -0.39 is 6.67 Å². The third kappa shape index (κ3) is 1.48. The Labute approximate surface area is 52.2 Å². The van der Waals surface area contributed by atoms with Crippen LogP contribution >= 0.6 is 0 Å². The van der Waals surface area contributed by atoms with Gasteiger partial charge in [-0.25, -0.2) is 9.38 Å². The van der Waals surface area contributed by atoms with Crippen LogP contribution in [0.4, 0.5) is 4.39 Å². The topological polar surface area (TPSA) is 32.7 Å². The Morgan fingerprint density at radius 1 is 1.89 bits per heavy atom. The molecule has 0 N–H and O–H groups in total. The van der Waals surface area contributed by atoms with E-state index in [-0.39, 0.29) is 19.0 Å². The second-order valence-corrected chi connectivity index (χ2v) is 1.80. The Balaban J connectivity index is 2.32. The van der Waals surface area contributed by atoms with E-state index >= 15 is 0 Å². The van der Waals surface area contributed by atoms with Gasteiger partial charge in [0.05, 0.1) is 6.34 Å². The van der Waals surface area contributed by atoms with Gasteiger partial charge in [0, 0.05) is 6.54 Å². The molecule has 0 bridgehead atoms. The second kappa shape index (κ2) is 2.57. The quantitative estimate of drug-likeness (QED) is 0.519. The molecule has 1 aliphatic rings. The molecule has 1 heterocycles. The van der Waals surface area contributed by atoms with Gasteiger partial charge in [0.1, 0.15) is 13.2 Å². The first-order valence-electron chi connectivity index (χ1n) is 2.70. The third-order valence-corrected chi connectivity index (χ3v) is 1.08. The van der Waals surface area contributed by atoms with Crippen molar-refractivity contribution in [1.29, 1.82) is 0 Å². The van der Waals surface area contributed by atoms with E-state index in [1.54, 1.807) is 4.90 Å². The average molecular weight is 130 g/mol. The molecule has 0 aliphatic carbocycles. The molecule has 0 spiro atoms. The van der Waals surface area contributed by atoms with Crippen molar-refractivity contribution >= 4 is 12.2 Å². The summed E-state index contributed by atoms with van der Waals surface area (Å²) in [4.78, 5) is 15.3. The number of hydrogen-bond acceptors (Lipinski definition) is 2. The summed E-state index contributed by atoms with van der Waals surface area (Å²) in [6.45, 7) is 0.0818. The van der Waals surface area contributed by atoms with Crippen molar-refractivity contribution in [3.63, 3.8) is 0 Å². The molecular formula is C5H7FN2O. The van der Waals surface area contributed by atoms with Gasteiger partial charge in [0.25, 0.3) is 5.91 Å². The monoisotopic (exact) mass is 130 g/mol. The van der Waals surface area contributed by atoms with Crippen molar-refractivity contribution in [2.75, 3.05) is 19.8 Å². The number of amides is 1. The van der Waals surface area contributed by atoms with E-state index in [9.17, 15) is 9.18 Å². The average Bonchev–Trinajstić information content (AvgIpc) is 2.17. The van der Waals surface area contributed by atoms with Crippen molar-refractivity contribution < 1.29 is 9.18 Å². The van der Waals surface area contributed by atoms with Gasteiger partial charge in [-0.1, -0.05) is 0 Å². The van der Waals surface area contributed by atoms with Crippen LogP contribution < -0.4 is 0 Å². The Bertz CT molecular complexity index is 146. The van der Waals surface area contributed by atoms with E-state index in [2.05, 4.69) is 4.99 Å². The fourth-order valence-electron chi connectivity index (χ4n) is 0.647. The lowest BCUT2D eigenvalue weighted by atomic mass is 10.5. The van der Waals surface area contributed by atoms with Crippen LogP contribution in [-0.4, -0.2) is 36.9 Å². The highest BCUT2D eigenvalue weighted by Crippen LogP contribution is 1.93. The highest BCUT2D eigenvalue weighted by Gasteiger charge is 2.11. The molecule has 50 valence electrons. The van der Waals surface area contributed by atoms with E-state index in [4.69, 9.17) is 0 Å². The summed E-state index contributed by atoms with van der Waals surface area (Å²) in [5.41, 5.74) is 0. The van der Waals surface area contributed by atoms with Gasteiger partial charge in [0.2, 0.25) is 0 Å². The molecule has 0 atom stereocenters. The minimum Gasteiger partial charge on any atom is -0.350 e. The molecule has 9 heavy (non-hydrogen) atoms. The number of carbonyl (C=O) groups is 1. The zero-order valence-corrected chi connectivity index (χ0v) is 4.88. The SMILES string of the molecule is O=C1CN(CCF)C=N1. The number of carbonyl (C=O) groups excluding carboxylic acids is 1. The molecular weight excluding hydrogens is 123 g/mol. The summed E-state index contributed by atoms with van der Waals surface area (Å²) in [6, 6.07) is 0. The molecule has 1 aliphatic heterocycles. The fraction of sp³-hybridized carbons (Fsp3) is 0.600. The molecule has 0 radical (unpaired) electrons. The van der Waals surface area contributed by atoms with Crippen LogP contribution in [0.25, 0.3) is 0 Å². The standard InChI is InChI=1S/C5H7FN2O/c6-1-2-8-3-5(9)7-4-8/h4H,1-3H2. The van der Waals surface area contributed by atoms with Crippen LogP contribution in [0, 0.1) is 0 Å². The number of rotatable bonds is 2. The number of alkyl halides is 1. The molecule has 0 saturated heterocycles. The van der Waals surface area contributed by atoms with Crippen molar-refractivity contribution in [2.24, 2.45) is 4.99 Å². The molecule has 0 aromatic rings.